The average molecular weight is 358 g/mol. The van der Waals surface area contributed by atoms with Crippen molar-refractivity contribution in [3.8, 4) is 28.4 Å². The molecule has 1 aliphatic rings. The number of pyridine rings is 2. The number of nitrogens with zero attached hydrogens (tertiary/aromatic N) is 4. The Morgan fingerprint density at radius 1 is 1.07 bits per heavy atom. The number of hydrogen-bond acceptors (Lipinski definition) is 6. The molecule has 0 amide bonds. The zero-order chi connectivity index (χ0) is 18.2. The highest BCUT2D eigenvalue weighted by molar-refractivity contribution is 6.02. The van der Waals surface area contributed by atoms with E-state index in [1.165, 1.54) is 19.2 Å². The number of hydrogen-bond donors (Lipinski definition) is 2. The fraction of sp³-hybridized carbons (Fsp3) is 0.200. The summed E-state index contributed by atoms with van der Waals surface area (Å²) in [5.41, 5.74) is 10.9. The fourth-order valence-electron chi connectivity index (χ4n) is 3.15. The number of nitrogens with one attached hydrogen (secondary N) is 1. The van der Waals surface area contributed by atoms with Gasteiger partial charge in [0.1, 0.15) is 23.2 Å². The second kappa shape index (κ2) is 6.35. The molecule has 5 rings (SSSR count). The molecule has 7 nitrogen and oxygen atoms in total. The van der Waals surface area contributed by atoms with Crippen molar-refractivity contribution >= 4 is 16.9 Å². The second-order valence-corrected chi connectivity index (χ2v) is 6.72. The topological polar surface area (TPSA) is 103 Å². The summed E-state index contributed by atoms with van der Waals surface area (Å²) in [6.45, 7) is 0.682. The van der Waals surface area contributed by atoms with Crippen LogP contribution in [-0.4, -0.2) is 31.5 Å². The number of nitrogen functional groups attached to an aromatic ring is 1. The van der Waals surface area contributed by atoms with E-state index < -0.39 is 0 Å². The molecule has 1 aliphatic carbocycles. The minimum Gasteiger partial charge on any atom is -0.476 e. The normalized spacial score (nSPS) is 13.8. The number of nitrogens with two attached hydrogens (primary N) is 1. The summed E-state index contributed by atoms with van der Waals surface area (Å²) in [5.74, 6) is 1.66. The number of rotatable bonds is 5. The van der Waals surface area contributed by atoms with Gasteiger partial charge in [0.15, 0.2) is 0 Å². The van der Waals surface area contributed by atoms with E-state index in [4.69, 9.17) is 10.5 Å². The van der Waals surface area contributed by atoms with Crippen LogP contribution in [-0.2, 0) is 0 Å². The smallest absolute Gasteiger partial charge is 0.241 e. The number of ether oxygens (including phenoxy) is 1. The van der Waals surface area contributed by atoms with Crippen molar-refractivity contribution in [2.24, 2.45) is 5.92 Å². The largest absolute Gasteiger partial charge is 0.476 e. The van der Waals surface area contributed by atoms with Gasteiger partial charge >= 0.3 is 0 Å². The third kappa shape index (κ3) is 2.97. The van der Waals surface area contributed by atoms with Crippen LogP contribution in [0.25, 0.3) is 33.5 Å². The highest BCUT2D eigenvalue weighted by Crippen LogP contribution is 2.39. The van der Waals surface area contributed by atoms with Crippen molar-refractivity contribution in [3.05, 3.63) is 49.1 Å². The number of anilines is 1. The van der Waals surface area contributed by atoms with E-state index in [9.17, 15) is 0 Å². The lowest BCUT2D eigenvalue weighted by Gasteiger charge is -2.05. The standard InChI is InChI=1S/C20H18N6O/c21-15-9-13(6-8-23-15)17-16(14-3-1-2-7-22-14)18-19(26-17)20(25-11-24-18)27-10-12-4-5-12/h1-3,6-9,11-12,26H,4-5,10H2,(H2,21,23). The van der Waals surface area contributed by atoms with Crippen molar-refractivity contribution in [1.29, 1.82) is 0 Å². The molecule has 0 bridgehead atoms. The van der Waals surface area contributed by atoms with Gasteiger partial charge in [0, 0.05) is 18.0 Å². The Hall–Kier alpha value is -3.48. The summed E-state index contributed by atoms with van der Waals surface area (Å²) in [5, 5.41) is 0. The predicted octanol–water partition coefficient (Wildman–Crippen LogP) is 3.45. The molecule has 0 unspecified atom stereocenters. The highest BCUT2D eigenvalue weighted by atomic mass is 16.5. The lowest BCUT2D eigenvalue weighted by Crippen LogP contribution is -2.01. The van der Waals surface area contributed by atoms with Gasteiger partial charge in [-0.15, -0.1) is 0 Å². The molecule has 4 heterocycles. The van der Waals surface area contributed by atoms with E-state index in [1.807, 2.05) is 30.3 Å². The molecule has 0 radical (unpaired) electrons. The van der Waals surface area contributed by atoms with Crippen LogP contribution in [0.4, 0.5) is 5.82 Å². The van der Waals surface area contributed by atoms with Crippen LogP contribution >= 0.6 is 0 Å². The Bertz CT molecular complexity index is 1100. The van der Waals surface area contributed by atoms with Gasteiger partial charge < -0.3 is 15.5 Å². The van der Waals surface area contributed by atoms with Crippen LogP contribution in [0.3, 0.4) is 0 Å². The summed E-state index contributed by atoms with van der Waals surface area (Å²) in [4.78, 5) is 20.9. The molecule has 0 aromatic carbocycles. The van der Waals surface area contributed by atoms with Crippen LogP contribution in [0.5, 0.6) is 5.88 Å². The molecule has 1 saturated carbocycles. The number of H-pyrrole nitrogens is 1. The second-order valence-electron chi connectivity index (χ2n) is 6.72. The minimum atomic E-state index is 0.453. The van der Waals surface area contributed by atoms with Crippen LogP contribution < -0.4 is 10.5 Å². The van der Waals surface area contributed by atoms with Gasteiger partial charge in [0.25, 0.3) is 0 Å². The summed E-state index contributed by atoms with van der Waals surface area (Å²) in [6, 6.07) is 9.55. The zero-order valence-corrected chi connectivity index (χ0v) is 14.6. The lowest BCUT2D eigenvalue weighted by molar-refractivity contribution is 0.291. The monoisotopic (exact) mass is 358 g/mol. The van der Waals surface area contributed by atoms with Gasteiger partial charge in [0.05, 0.1) is 23.6 Å². The maximum absolute atomic E-state index is 5.97. The van der Waals surface area contributed by atoms with Crippen LogP contribution in [0.15, 0.2) is 49.1 Å². The molecular formula is C20H18N6O. The van der Waals surface area contributed by atoms with Crippen molar-refractivity contribution in [2.45, 2.75) is 12.8 Å². The van der Waals surface area contributed by atoms with Crippen molar-refractivity contribution in [1.82, 2.24) is 24.9 Å². The van der Waals surface area contributed by atoms with E-state index in [1.54, 1.807) is 12.4 Å². The van der Waals surface area contributed by atoms with E-state index in [0.717, 1.165) is 33.5 Å². The fourth-order valence-corrected chi connectivity index (χ4v) is 3.15. The molecule has 3 N–H and O–H groups in total. The Kier molecular flexibility index (Phi) is 3.71. The van der Waals surface area contributed by atoms with Crippen molar-refractivity contribution in [3.63, 3.8) is 0 Å². The van der Waals surface area contributed by atoms with E-state index in [-0.39, 0.29) is 0 Å². The van der Waals surface area contributed by atoms with Gasteiger partial charge in [-0.05, 0) is 43.0 Å². The number of fused-ring (bicyclic) bond motifs is 1. The van der Waals surface area contributed by atoms with Crippen LogP contribution in [0.2, 0.25) is 0 Å². The maximum Gasteiger partial charge on any atom is 0.241 e. The Balaban J connectivity index is 1.73. The van der Waals surface area contributed by atoms with Gasteiger partial charge in [-0.25, -0.2) is 9.97 Å². The highest BCUT2D eigenvalue weighted by Gasteiger charge is 2.24. The zero-order valence-electron chi connectivity index (χ0n) is 14.6. The first-order valence-corrected chi connectivity index (χ1v) is 8.92. The van der Waals surface area contributed by atoms with E-state index in [2.05, 4.69) is 24.9 Å². The molecule has 134 valence electrons. The molecule has 1 fully saturated rings. The average Bonchev–Trinajstić information content (AvgIpc) is 3.44. The number of aromatic amines is 1. The first-order valence-electron chi connectivity index (χ1n) is 8.92. The Labute approximate surface area is 155 Å². The SMILES string of the molecule is Nc1cc(-c2[nH]c3c(OCC4CC4)ncnc3c2-c2ccccn2)ccn1. The van der Waals surface area contributed by atoms with Gasteiger partial charge in [-0.3, -0.25) is 4.98 Å². The Morgan fingerprint density at radius 2 is 2.00 bits per heavy atom. The summed E-state index contributed by atoms with van der Waals surface area (Å²) in [6.07, 6.45) is 7.44. The summed E-state index contributed by atoms with van der Waals surface area (Å²) < 4.78 is 5.97. The lowest BCUT2D eigenvalue weighted by atomic mass is 10.1. The molecule has 0 spiro atoms. The third-order valence-electron chi connectivity index (χ3n) is 4.69. The predicted molar refractivity (Wildman–Crippen MR) is 103 cm³/mol. The quantitative estimate of drug-likeness (QED) is 0.566. The summed E-state index contributed by atoms with van der Waals surface area (Å²) in [7, 11) is 0. The minimum absolute atomic E-state index is 0.453. The first kappa shape index (κ1) is 15.7. The Morgan fingerprint density at radius 3 is 2.78 bits per heavy atom. The van der Waals surface area contributed by atoms with Crippen LogP contribution in [0.1, 0.15) is 12.8 Å². The number of aromatic nitrogens is 5. The van der Waals surface area contributed by atoms with Crippen LogP contribution in [0, 0.1) is 5.92 Å². The van der Waals surface area contributed by atoms with Crippen molar-refractivity contribution in [2.75, 3.05) is 12.3 Å². The summed E-state index contributed by atoms with van der Waals surface area (Å²) >= 11 is 0. The molecular weight excluding hydrogens is 340 g/mol. The van der Waals surface area contributed by atoms with Crippen molar-refractivity contribution < 1.29 is 4.74 Å². The molecule has 0 atom stereocenters. The maximum atomic E-state index is 5.97. The van der Waals surface area contributed by atoms with Gasteiger partial charge in [-0.1, -0.05) is 6.07 Å². The van der Waals surface area contributed by atoms with E-state index >= 15 is 0 Å². The molecule has 4 aromatic heterocycles. The van der Waals surface area contributed by atoms with Gasteiger partial charge in [0.2, 0.25) is 5.88 Å². The van der Waals surface area contributed by atoms with Gasteiger partial charge in [-0.2, -0.15) is 4.98 Å². The van der Waals surface area contributed by atoms with E-state index in [0.29, 0.717) is 24.2 Å². The molecule has 27 heavy (non-hydrogen) atoms. The third-order valence-corrected chi connectivity index (χ3v) is 4.69. The first-order chi connectivity index (χ1) is 13.3. The molecule has 0 aliphatic heterocycles. The molecule has 4 aromatic rings. The molecule has 7 heteroatoms. The molecule has 0 saturated heterocycles.